The fourth-order valence-corrected chi connectivity index (χ4v) is 2.81. The Morgan fingerprint density at radius 3 is 2.38 bits per heavy atom. The van der Waals surface area contributed by atoms with E-state index in [0.29, 0.717) is 24.2 Å². The van der Waals surface area contributed by atoms with Crippen LogP contribution in [0, 0.1) is 0 Å². The fraction of sp³-hybridized carbons (Fsp3) is 0.267. The molecule has 0 spiro atoms. The van der Waals surface area contributed by atoms with Crippen LogP contribution in [-0.4, -0.2) is 14.8 Å². The number of fused-ring (bicyclic) bond motifs is 1. The molecule has 108 valence electrons. The van der Waals surface area contributed by atoms with Crippen molar-refractivity contribution in [3.8, 4) is 0 Å². The number of halogens is 1. The molecule has 0 unspecified atom stereocenters. The van der Waals surface area contributed by atoms with Gasteiger partial charge in [0.25, 0.3) is 5.56 Å². The quantitative estimate of drug-likeness (QED) is 0.791. The van der Waals surface area contributed by atoms with Crippen LogP contribution >= 0.6 is 15.9 Å². The summed E-state index contributed by atoms with van der Waals surface area (Å²) in [4.78, 5) is 28.7. The Balaban J connectivity index is 2.20. The molecule has 0 saturated heterocycles. The van der Waals surface area contributed by atoms with Gasteiger partial charge in [-0.3, -0.25) is 13.9 Å². The van der Waals surface area contributed by atoms with E-state index in [1.165, 1.54) is 11.6 Å². The first kappa shape index (κ1) is 14.0. The second-order valence-electron chi connectivity index (χ2n) is 5.07. The summed E-state index contributed by atoms with van der Waals surface area (Å²) in [5, 5.41) is 0. The van der Waals surface area contributed by atoms with Crippen molar-refractivity contribution in [3.63, 3.8) is 0 Å². The molecule has 0 saturated carbocycles. The minimum Gasteiger partial charge on any atom is -0.281 e. The number of hydrogen-bond acceptors (Lipinski definition) is 3. The first-order valence-corrected chi connectivity index (χ1v) is 7.40. The molecule has 1 aromatic heterocycles. The van der Waals surface area contributed by atoms with Gasteiger partial charge in [0.05, 0.1) is 11.3 Å². The van der Waals surface area contributed by atoms with Crippen molar-refractivity contribution in [2.45, 2.75) is 12.8 Å². The van der Waals surface area contributed by atoms with E-state index in [2.05, 4.69) is 20.9 Å². The van der Waals surface area contributed by atoms with E-state index in [4.69, 9.17) is 0 Å². The molecule has 1 aliphatic heterocycles. The van der Waals surface area contributed by atoms with Crippen LogP contribution in [0.25, 0.3) is 0 Å². The summed E-state index contributed by atoms with van der Waals surface area (Å²) in [5.74, 6) is 0.479. The predicted octanol–water partition coefficient (Wildman–Crippen LogP) is 1.91. The van der Waals surface area contributed by atoms with E-state index in [0.717, 1.165) is 20.3 Å². The third kappa shape index (κ3) is 2.29. The highest BCUT2D eigenvalue weighted by Gasteiger charge is 2.21. The lowest BCUT2D eigenvalue weighted by Crippen LogP contribution is -2.39. The van der Waals surface area contributed by atoms with Gasteiger partial charge in [0, 0.05) is 18.6 Å². The molecule has 0 amide bonds. The molecule has 5 nitrogen and oxygen atoms in total. The highest BCUT2D eigenvalue weighted by Crippen LogP contribution is 2.24. The molecule has 1 aliphatic rings. The van der Waals surface area contributed by atoms with Crippen LogP contribution in [0.3, 0.4) is 0 Å². The lowest BCUT2D eigenvalue weighted by Gasteiger charge is -2.18. The zero-order valence-corrected chi connectivity index (χ0v) is 13.3. The number of aliphatic imine (C=N–C) groups is 1. The number of aromatic nitrogens is 2. The lowest BCUT2D eigenvalue weighted by molar-refractivity contribution is 0.667. The molecule has 21 heavy (non-hydrogen) atoms. The minimum absolute atomic E-state index is 0.244. The molecular formula is C15H14BrN3O2. The molecular weight excluding hydrogens is 334 g/mol. The van der Waals surface area contributed by atoms with Gasteiger partial charge in [-0.25, -0.2) is 9.79 Å². The van der Waals surface area contributed by atoms with Crippen molar-refractivity contribution >= 4 is 27.5 Å². The average Bonchev–Trinajstić information content (AvgIpc) is 2.51. The monoisotopic (exact) mass is 347 g/mol. The zero-order chi connectivity index (χ0) is 15.1. The minimum atomic E-state index is -0.348. The molecule has 0 radical (unpaired) electrons. The van der Waals surface area contributed by atoms with Crippen molar-refractivity contribution in [2.24, 2.45) is 19.1 Å². The number of hydrogen-bond donors (Lipinski definition) is 0. The van der Waals surface area contributed by atoms with E-state index in [1.54, 1.807) is 7.05 Å². The molecule has 6 heteroatoms. The Kier molecular flexibility index (Phi) is 3.41. The highest BCUT2D eigenvalue weighted by molar-refractivity contribution is 9.10. The van der Waals surface area contributed by atoms with Crippen molar-refractivity contribution in [2.75, 3.05) is 0 Å². The van der Waals surface area contributed by atoms with Crippen LogP contribution in [0.15, 0.2) is 43.3 Å². The lowest BCUT2D eigenvalue weighted by atomic mass is 10.00. The first-order chi connectivity index (χ1) is 9.99. The molecule has 0 bridgehead atoms. The summed E-state index contributed by atoms with van der Waals surface area (Å²) in [5.41, 5.74) is 1.93. The van der Waals surface area contributed by atoms with Crippen LogP contribution in [0.5, 0.6) is 0 Å². The van der Waals surface area contributed by atoms with Gasteiger partial charge in [-0.2, -0.15) is 0 Å². The topological polar surface area (TPSA) is 56.4 Å². The highest BCUT2D eigenvalue weighted by atomic mass is 79.9. The van der Waals surface area contributed by atoms with Crippen molar-refractivity contribution in [1.82, 2.24) is 9.13 Å². The Bertz CT molecular complexity index is 860. The molecule has 0 aliphatic carbocycles. The van der Waals surface area contributed by atoms with Gasteiger partial charge < -0.3 is 0 Å². The fourth-order valence-electron chi connectivity index (χ4n) is 2.54. The smallest absolute Gasteiger partial charge is 0.281 e. The van der Waals surface area contributed by atoms with Crippen LogP contribution in [0.2, 0.25) is 0 Å². The standard InChI is InChI=1S/C15H14BrN3O2/c1-18-13-11(14(20)19(2)15(18)21)7-8-12(17-13)9-3-5-10(16)6-4-9/h3-6H,7-8H2,1-2H3. The third-order valence-corrected chi connectivity index (χ3v) is 4.28. The van der Waals surface area contributed by atoms with Crippen LogP contribution in [-0.2, 0) is 20.5 Å². The summed E-state index contributed by atoms with van der Waals surface area (Å²) in [6, 6.07) is 7.87. The summed E-state index contributed by atoms with van der Waals surface area (Å²) < 4.78 is 3.58. The molecule has 0 atom stereocenters. The van der Waals surface area contributed by atoms with Gasteiger partial charge >= 0.3 is 5.69 Å². The van der Waals surface area contributed by atoms with E-state index in [-0.39, 0.29) is 11.2 Å². The molecule has 0 fully saturated rings. The van der Waals surface area contributed by atoms with Gasteiger partial charge in [0.2, 0.25) is 0 Å². The van der Waals surface area contributed by atoms with E-state index < -0.39 is 0 Å². The second-order valence-corrected chi connectivity index (χ2v) is 5.99. The van der Waals surface area contributed by atoms with Crippen molar-refractivity contribution < 1.29 is 0 Å². The van der Waals surface area contributed by atoms with E-state index >= 15 is 0 Å². The SMILES string of the molecule is Cn1c2c(c(=O)n(C)c1=O)CCC(c1ccc(Br)cc1)=N2. The average molecular weight is 348 g/mol. The number of rotatable bonds is 1. The Morgan fingerprint density at radius 1 is 1.05 bits per heavy atom. The van der Waals surface area contributed by atoms with Gasteiger partial charge in [-0.15, -0.1) is 0 Å². The maximum atomic E-state index is 12.1. The largest absolute Gasteiger partial charge is 0.332 e. The van der Waals surface area contributed by atoms with E-state index in [1.807, 2.05) is 24.3 Å². The molecule has 0 N–H and O–H groups in total. The van der Waals surface area contributed by atoms with Gasteiger partial charge in [0.1, 0.15) is 5.82 Å². The Labute approximate surface area is 129 Å². The summed E-state index contributed by atoms with van der Waals surface area (Å²) in [7, 11) is 3.15. The second kappa shape index (κ2) is 5.11. The Morgan fingerprint density at radius 2 is 1.71 bits per heavy atom. The summed E-state index contributed by atoms with van der Waals surface area (Å²) in [6.07, 6.45) is 1.30. The number of benzene rings is 1. The predicted molar refractivity (Wildman–Crippen MR) is 85.6 cm³/mol. The third-order valence-electron chi connectivity index (χ3n) is 3.75. The molecule has 2 aromatic rings. The van der Waals surface area contributed by atoms with Crippen molar-refractivity contribution in [3.05, 3.63) is 60.7 Å². The first-order valence-electron chi connectivity index (χ1n) is 6.61. The molecule has 3 rings (SSSR count). The number of nitrogens with zero attached hydrogens (tertiary/aromatic N) is 3. The van der Waals surface area contributed by atoms with Crippen LogP contribution in [0.4, 0.5) is 5.82 Å². The van der Waals surface area contributed by atoms with Gasteiger partial charge in [0.15, 0.2) is 0 Å². The van der Waals surface area contributed by atoms with Gasteiger partial charge in [-0.05, 0) is 30.5 Å². The van der Waals surface area contributed by atoms with E-state index in [9.17, 15) is 9.59 Å². The molecule has 1 aromatic carbocycles. The maximum Gasteiger partial charge on any atom is 0.332 e. The maximum absolute atomic E-state index is 12.1. The normalized spacial score (nSPS) is 13.8. The Hall–Kier alpha value is -1.95. The van der Waals surface area contributed by atoms with Crippen LogP contribution in [0.1, 0.15) is 17.5 Å². The summed E-state index contributed by atoms with van der Waals surface area (Å²) >= 11 is 3.40. The zero-order valence-electron chi connectivity index (χ0n) is 11.8. The summed E-state index contributed by atoms with van der Waals surface area (Å²) in [6.45, 7) is 0. The van der Waals surface area contributed by atoms with Gasteiger partial charge in [-0.1, -0.05) is 28.1 Å². The van der Waals surface area contributed by atoms with Crippen molar-refractivity contribution in [1.29, 1.82) is 0 Å². The van der Waals surface area contributed by atoms with Crippen LogP contribution < -0.4 is 11.2 Å². The molecule has 2 heterocycles.